The van der Waals surface area contributed by atoms with E-state index in [0.29, 0.717) is 0 Å². The summed E-state index contributed by atoms with van der Waals surface area (Å²) >= 11 is 4.91. The molecule has 1 aliphatic heterocycles. The normalized spacial score (nSPS) is 13.6. The lowest BCUT2D eigenvalue weighted by Gasteiger charge is -1.90. The second-order valence-electron chi connectivity index (χ2n) is 2.09. The maximum Gasteiger partial charge on any atom is 0.224 e. The number of thiazole rings is 1. The topological polar surface area (TPSA) is 25.2 Å². The van der Waals surface area contributed by atoms with Crippen LogP contribution in [0.4, 0.5) is 0 Å². The molecule has 0 N–H and O–H groups in total. The predicted octanol–water partition coefficient (Wildman–Crippen LogP) is 1.25. The molecule has 0 saturated carbocycles. The van der Waals surface area contributed by atoms with Gasteiger partial charge in [-0.25, -0.2) is 9.98 Å². The summed E-state index contributed by atoms with van der Waals surface area (Å²) in [6, 6.07) is 0. The first-order chi connectivity index (χ1) is 5.86. The van der Waals surface area contributed by atoms with Crippen molar-refractivity contribution in [1.29, 1.82) is 0 Å². The van der Waals surface area contributed by atoms with Crippen LogP contribution in [0.25, 0.3) is 5.70 Å². The van der Waals surface area contributed by atoms with Crippen LogP contribution < -0.4 is 0 Å². The van der Waals surface area contributed by atoms with E-state index in [2.05, 4.69) is 34.1 Å². The lowest BCUT2D eigenvalue weighted by Crippen LogP contribution is -1.78. The average molecular weight is 193 g/mol. The molecule has 0 aliphatic carbocycles. The standard InChI is InChI=1S/C8H4N2S2/c11-7-5-10-8(12-7)6-3-1-2-4-9-6/h2,4-5,11H/p+1. The van der Waals surface area contributed by atoms with Crippen LogP contribution in [0.15, 0.2) is 32.9 Å². The Morgan fingerprint density at radius 1 is 1.50 bits per heavy atom. The molecule has 0 unspecified atom stereocenters. The van der Waals surface area contributed by atoms with Gasteiger partial charge in [0.05, 0.1) is 6.20 Å². The third-order valence-electron chi connectivity index (χ3n) is 1.26. The van der Waals surface area contributed by atoms with Crippen molar-refractivity contribution < 1.29 is 0 Å². The Kier molecular flexibility index (Phi) is 1.98. The quantitative estimate of drug-likeness (QED) is 0.487. The highest BCUT2D eigenvalue weighted by molar-refractivity contribution is 7.62. The zero-order chi connectivity index (χ0) is 8.39. The number of hydrogen-bond donors (Lipinski definition) is 0. The van der Waals surface area contributed by atoms with Crippen LogP contribution >= 0.6 is 11.3 Å². The van der Waals surface area contributed by atoms with Gasteiger partial charge >= 0.3 is 0 Å². The molecule has 58 valence electrons. The summed E-state index contributed by atoms with van der Waals surface area (Å²) in [6.45, 7) is 0. The van der Waals surface area contributed by atoms with E-state index in [1.54, 1.807) is 18.5 Å². The van der Waals surface area contributed by atoms with Gasteiger partial charge in [0, 0.05) is 24.9 Å². The van der Waals surface area contributed by atoms with Gasteiger partial charge in [-0.1, -0.05) is 17.1 Å². The lowest BCUT2D eigenvalue weighted by atomic mass is 10.4. The zero-order valence-corrected chi connectivity index (χ0v) is 7.85. The van der Waals surface area contributed by atoms with Crippen LogP contribution in [0.1, 0.15) is 5.01 Å². The number of hydrogen-bond acceptors (Lipinski definition) is 3. The van der Waals surface area contributed by atoms with Gasteiger partial charge in [-0.15, -0.1) is 0 Å². The van der Waals surface area contributed by atoms with E-state index in [0.717, 1.165) is 14.9 Å². The van der Waals surface area contributed by atoms with Crippen molar-refractivity contribution in [1.82, 2.24) is 4.98 Å². The van der Waals surface area contributed by atoms with Crippen LogP contribution in [0, 0.1) is 0 Å². The van der Waals surface area contributed by atoms with Crippen molar-refractivity contribution in [2.24, 2.45) is 4.99 Å². The van der Waals surface area contributed by atoms with Crippen LogP contribution in [0.3, 0.4) is 0 Å². The van der Waals surface area contributed by atoms with Crippen molar-refractivity contribution in [3.8, 4) is 0 Å². The first kappa shape index (κ1) is 7.59. The maximum atomic E-state index is 4.14. The van der Waals surface area contributed by atoms with Gasteiger partial charge in [0.1, 0.15) is 5.70 Å². The van der Waals surface area contributed by atoms with Crippen LogP contribution in [-0.2, 0) is 12.6 Å². The van der Waals surface area contributed by atoms with Gasteiger partial charge in [-0.3, -0.25) is 0 Å². The third-order valence-corrected chi connectivity index (χ3v) is 2.51. The number of rotatable bonds is 1. The summed E-state index contributed by atoms with van der Waals surface area (Å²) in [4.78, 5) is 8.24. The molecule has 0 radical (unpaired) electrons. The van der Waals surface area contributed by atoms with Gasteiger partial charge in [-0.05, 0) is 5.73 Å². The van der Waals surface area contributed by atoms with E-state index in [9.17, 15) is 0 Å². The maximum absolute atomic E-state index is 4.14. The zero-order valence-electron chi connectivity index (χ0n) is 6.03. The van der Waals surface area contributed by atoms with Crippen LogP contribution in [0.2, 0.25) is 0 Å². The molecule has 0 bridgehead atoms. The van der Waals surface area contributed by atoms with Gasteiger partial charge in [0.2, 0.25) is 4.21 Å². The molecule has 1 aliphatic rings. The monoisotopic (exact) mass is 193 g/mol. The van der Waals surface area contributed by atoms with E-state index < -0.39 is 0 Å². The van der Waals surface area contributed by atoms with Crippen molar-refractivity contribution in [2.45, 2.75) is 4.21 Å². The Morgan fingerprint density at radius 3 is 3.00 bits per heavy atom. The summed E-state index contributed by atoms with van der Waals surface area (Å²) in [5.41, 5.74) is 6.46. The largest absolute Gasteiger partial charge is 0.244 e. The van der Waals surface area contributed by atoms with Crippen molar-refractivity contribution in [3.05, 3.63) is 28.7 Å². The molecule has 1 aromatic heterocycles. The van der Waals surface area contributed by atoms with Crippen LogP contribution in [-0.4, -0.2) is 11.2 Å². The Balaban J connectivity index is 2.50. The molecule has 0 atom stereocenters. The smallest absolute Gasteiger partial charge is 0.224 e. The summed E-state index contributed by atoms with van der Waals surface area (Å²) in [5, 5.41) is 0.858. The molecule has 12 heavy (non-hydrogen) atoms. The molecular weight excluding hydrogens is 188 g/mol. The molecule has 1 aromatic rings. The van der Waals surface area contributed by atoms with E-state index in [1.165, 1.54) is 11.3 Å². The molecule has 0 fully saturated rings. The fourth-order valence-electron chi connectivity index (χ4n) is 0.784. The summed E-state index contributed by atoms with van der Waals surface area (Å²) in [6.07, 6.45) is 5.14. The van der Waals surface area contributed by atoms with Crippen molar-refractivity contribution in [2.75, 3.05) is 0 Å². The summed E-state index contributed by atoms with van der Waals surface area (Å²) in [5.74, 6) is 0. The SMILES string of the molecule is [SH2+]c1cnc(C2=C=C=CC=N2)s1. The second-order valence-corrected chi connectivity index (χ2v) is 4.02. The Hall–Kier alpha value is -1.05. The summed E-state index contributed by atoms with van der Waals surface area (Å²) in [7, 11) is 0. The van der Waals surface area contributed by atoms with E-state index >= 15 is 0 Å². The van der Waals surface area contributed by atoms with Gasteiger partial charge < -0.3 is 0 Å². The minimum Gasteiger partial charge on any atom is -0.244 e. The first-order valence-electron chi connectivity index (χ1n) is 3.28. The van der Waals surface area contributed by atoms with Gasteiger partial charge in [0.25, 0.3) is 0 Å². The number of allylic oxidation sites excluding steroid dienone is 1. The minimum atomic E-state index is 0.743. The predicted molar refractivity (Wildman–Crippen MR) is 54.0 cm³/mol. The minimum absolute atomic E-state index is 0.743. The molecule has 2 nitrogen and oxygen atoms in total. The number of aliphatic imine (C=N–C) groups is 1. The van der Waals surface area contributed by atoms with Crippen LogP contribution in [0.5, 0.6) is 0 Å². The summed E-state index contributed by atoms with van der Waals surface area (Å²) < 4.78 is 0.990. The Bertz CT molecular complexity index is 430. The molecule has 0 saturated heterocycles. The molecule has 0 amide bonds. The molecule has 2 heterocycles. The molecule has 4 heteroatoms. The number of nitrogens with zero attached hydrogens (tertiary/aromatic N) is 2. The fraction of sp³-hybridized carbons (Fsp3) is 0. The second kappa shape index (κ2) is 3.13. The van der Waals surface area contributed by atoms with E-state index in [1.807, 2.05) is 0 Å². The lowest BCUT2D eigenvalue weighted by molar-refractivity contribution is 1.32. The highest BCUT2D eigenvalue weighted by Crippen LogP contribution is 2.21. The highest BCUT2D eigenvalue weighted by Gasteiger charge is 2.06. The molecule has 0 spiro atoms. The fourth-order valence-corrected chi connectivity index (χ4v) is 1.76. The van der Waals surface area contributed by atoms with E-state index in [-0.39, 0.29) is 0 Å². The molecular formula is C8H5N2S2+. The van der Waals surface area contributed by atoms with Gasteiger partial charge in [0.15, 0.2) is 5.01 Å². The first-order valence-corrected chi connectivity index (χ1v) is 4.60. The van der Waals surface area contributed by atoms with Gasteiger partial charge in [-0.2, -0.15) is 0 Å². The molecule has 2 rings (SSSR count). The van der Waals surface area contributed by atoms with E-state index in [4.69, 9.17) is 0 Å². The highest BCUT2D eigenvalue weighted by atomic mass is 32.2. The Labute approximate surface area is 79.1 Å². The van der Waals surface area contributed by atoms with Crippen molar-refractivity contribution in [3.63, 3.8) is 0 Å². The Morgan fingerprint density at radius 2 is 2.42 bits per heavy atom. The third kappa shape index (κ3) is 1.42. The number of aromatic nitrogens is 1. The van der Waals surface area contributed by atoms with Crippen molar-refractivity contribution >= 4 is 35.9 Å². The molecule has 0 aromatic carbocycles. The average Bonchev–Trinajstić information content (AvgIpc) is 2.54.